The van der Waals surface area contributed by atoms with Gasteiger partial charge in [0.15, 0.2) is 5.82 Å². The molecule has 0 aliphatic rings. The van der Waals surface area contributed by atoms with Crippen LogP contribution >= 0.6 is 0 Å². The molecule has 2 rings (SSSR count). The predicted octanol–water partition coefficient (Wildman–Crippen LogP) is 3.74. The van der Waals surface area contributed by atoms with Crippen molar-refractivity contribution in [2.45, 2.75) is 40.2 Å². The number of nitrogens with one attached hydrogen (secondary N) is 2. The second kappa shape index (κ2) is 7.43. The van der Waals surface area contributed by atoms with E-state index in [1.165, 1.54) is 0 Å². The van der Waals surface area contributed by atoms with Gasteiger partial charge in [0.25, 0.3) is 5.91 Å². The number of benzene rings is 1. The summed E-state index contributed by atoms with van der Waals surface area (Å²) >= 11 is 0. The molecule has 0 aliphatic carbocycles. The van der Waals surface area contributed by atoms with Gasteiger partial charge in [-0.3, -0.25) is 4.79 Å². The van der Waals surface area contributed by atoms with Crippen LogP contribution in [0.3, 0.4) is 0 Å². The molecule has 0 spiro atoms. The first-order valence-electron chi connectivity index (χ1n) is 8.25. The van der Waals surface area contributed by atoms with Gasteiger partial charge in [0, 0.05) is 23.7 Å². The van der Waals surface area contributed by atoms with Gasteiger partial charge in [-0.25, -0.2) is 9.97 Å². The van der Waals surface area contributed by atoms with Crippen LogP contribution in [-0.4, -0.2) is 28.0 Å². The minimum absolute atomic E-state index is 0.159. The molecule has 5 heteroatoms. The van der Waals surface area contributed by atoms with E-state index in [1.54, 1.807) is 6.07 Å². The van der Waals surface area contributed by atoms with Crippen molar-refractivity contribution in [3.8, 4) is 11.4 Å². The van der Waals surface area contributed by atoms with E-state index in [9.17, 15) is 4.79 Å². The molecule has 0 fully saturated rings. The normalized spacial score (nSPS) is 11.4. The maximum Gasteiger partial charge on any atom is 0.270 e. The molecule has 1 aromatic carbocycles. The Balaban J connectivity index is 2.39. The van der Waals surface area contributed by atoms with Crippen molar-refractivity contribution < 1.29 is 4.79 Å². The number of hydrogen-bond acceptors (Lipinski definition) is 4. The summed E-state index contributed by atoms with van der Waals surface area (Å²) in [5.74, 6) is 1.39. The minimum atomic E-state index is -0.180. The zero-order valence-electron chi connectivity index (χ0n) is 15.1. The molecule has 1 heterocycles. The van der Waals surface area contributed by atoms with Gasteiger partial charge in [0.05, 0.1) is 0 Å². The summed E-state index contributed by atoms with van der Waals surface area (Å²) in [6.45, 7) is 10.9. The van der Waals surface area contributed by atoms with E-state index in [0.717, 1.165) is 5.56 Å². The molecule has 5 nitrogen and oxygen atoms in total. The highest BCUT2D eigenvalue weighted by Gasteiger charge is 2.16. The molecule has 0 unspecified atom stereocenters. The smallest absolute Gasteiger partial charge is 0.270 e. The van der Waals surface area contributed by atoms with Gasteiger partial charge in [-0.2, -0.15) is 0 Å². The van der Waals surface area contributed by atoms with Crippen molar-refractivity contribution in [2.24, 2.45) is 5.92 Å². The molecule has 2 aromatic rings. The van der Waals surface area contributed by atoms with E-state index in [4.69, 9.17) is 0 Å². The molecule has 1 amide bonds. The lowest BCUT2D eigenvalue weighted by molar-refractivity contribution is 0.0944. The molecule has 0 saturated heterocycles. The fraction of sp³-hybridized carbons (Fsp3) is 0.421. The van der Waals surface area contributed by atoms with Crippen LogP contribution in [0.4, 0.5) is 5.82 Å². The topological polar surface area (TPSA) is 66.9 Å². The van der Waals surface area contributed by atoms with Crippen LogP contribution in [-0.2, 0) is 0 Å². The Morgan fingerprint density at radius 2 is 1.79 bits per heavy atom. The van der Waals surface area contributed by atoms with Crippen LogP contribution in [0.5, 0.6) is 0 Å². The average Bonchev–Trinajstić information content (AvgIpc) is 2.51. The third-order valence-corrected chi connectivity index (χ3v) is 3.16. The predicted molar refractivity (Wildman–Crippen MR) is 98.0 cm³/mol. The number of carbonyl (C=O) groups excluding carboxylic acids is 1. The number of aromatic nitrogens is 2. The van der Waals surface area contributed by atoms with Crippen LogP contribution in [0.1, 0.15) is 45.1 Å². The largest absolute Gasteiger partial charge is 0.365 e. The first-order valence-corrected chi connectivity index (χ1v) is 8.25. The van der Waals surface area contributed by atoms with Gasteiger partial charge in [-0.15, -0.1) is 0 Å². The van der Waals surface area contributed by atoms with Crippen LogP contribution in [0, 0.1) is 5.92 Å². The number of amides is 1. The highest BCUT2D eigenvalue weighted by Crippen LogP contribution is 2.20. The van der Waals surface area contributed by atoms with Crippen LogP contribution < -0.4 is 10.6 Å². The van der Waals surface area contributed by atoms with Crippen LogP contribution in [0.2, 0.25) is 0 Å². The molecule has 24 heavy (non-hydrogen) atoms. The molecule has 1 aromatic heterocycles. The van der Waals surface area contributed by atoms with Gasteiger partial charge in [-0.1, -0.05) is 44.2 Å². The Labute approximate surface area is 143 Å². The fourth-order valence-corrected chi connectivity index (χ4v) is 2.12. The van der Waals surface area contributed by atoms with E-state index >= 15 is 0 Å². The lowest BCUT2D eigenvalue weighted by atomic mass is 10.1. The first-order chi connectivity index (χ1) is 11.2. The molecule has 0 radical (unpaired) electrons. The minimum Gasteiger partial charge on any atom is -0.365 e. The van der Waals surface area contributed by atoms with Gasteiger partial charge in [0.2, 0.25) is 0 Å². The van der Waals surface area contributed by atoms with Gasteiger partial charge in [0.1, 0.15) is 11.5 Å². The monoisotopic (exact) mass is 326 g/mol. The summed E-state index contributed by atoms with van der Waals surface area (Å²) < 4.78 is 0. The molecule has 128 valence electrons. The summed E-state index contributed by atoms with van der Waals surface area (Å²) in [6.07, 6.45) is 0. The lowest BCUT2D eigenvalue weighted by Gasteiger charge is -2.22. The lowest BCUT2D eigenvalue weighted by Crippen LogP contribution is -2.30. The van der Waals surface area contributed by atoms with Crippen molar-refractivity contribution in [2.75, 3.05) is 11.9 Å². The van der Waals surface area contributed by atoms with Gasteiger partial charge < -0.3 is 10.6 Å². The van der Waals surface area contributed by atoms with Gasteiger partial charge >= 0.3 is 0 Å². The molecule has 0 aliphatic heterocycles. The van der Waals surface area contributed by atoms with Crippen molar-refractivity contribution in [1.82, 2.24) is 15.3 Å². The Bertz CT molecular complexity index is 690. The summed E-state index contributed by atoms with van der Waals surface area (Å²) in [6, 6.07) is 11.4. The third-order valence-electron chi connectivity index (χ3n) is 3.16. The Morgan fingerprint density at radius 3 is 2.38 bits per heavy atom. The Hall–Kier alpha value is -2.43. The standard InChI is InChI=1S/C19H26N4O/c1-13(2)12-20-18(24)15-11-16(23-19(3,4)5)22-17(21-15)14-9-7-6-8-10-14/h6-11,13H,12H2,1-5H3,(H,20,24)(H,21,22,23). The highest BCUT2D eigenvalue weighted by molar-refractivity contribution is 5.93. The van der Waals surface area contributed by atoms with E-state index in [0.29, 0.717) is 29.8 Å². The Kier molecular flexibility index (Phi) is 5.54. The molecule has 0 bridgehead atoms. The Morgan fingerprint density at radius 1 is 1.12 bits per heavy atom. The van der Waals surface area contributed by atoms with Crippen molar-refractivity contribution in [3.63, 3.8) is 0 Å². The first kappa shape index (κ1) is 17.9. The number of hydrogen-bond donors (Lipinski definition) is 2. The molecule has 0 saturated carbocycles. The number of rotatable bonds is 5. The maximum atomic E-state index is 12.4. The van der Waals surface area contributed by atoms with E-state index < -0.39 is 0 Å². The van der Waals surface area contributed by atoms with Gasteiger partial charge in [-0.05, 0) is 26.7 Å². The fourth-order valence-electron chi connectivity index (χ4n) is 2.12. The van der Waals surface area contributed by atoms with Crippen molar-refractivity contribution in [3.05, 3.63) is 42.1 Å². The van der Waals surface area contributed by atoms with E-state index in [1.807, 2.05) is 30.3 Å². The molecular weight excluding hydrogens is 300 g/mol. The molecule has 2 N–H and O–H groups in total. The number of anilines is 1. The summed E-state index contributed by atoms with van der Waals surface area (Å²) in [5, 5.41) is 6.23. The van der Waals surface area contributed by atoms with Crippen molar-refractivity contribution >= 4 is 11.7 Å². The average molecular weight is 326 g/mol. The summed E-state index contributed by atoms with van der Waals surface area (Å²) in [4.78, 5) is 21.4. The number of carbonyl (C=O) groups is 1. The van der Waals surface area contributed by atoms with Crippen LogP contribution in [0.25, 0.3) is 11.4 Å². The second-order valence-electron chi connectivity index (χ2n) is 7.31. The van der Waals surface area contributed by atoms with Crippen LogP contribution in [0.15, 0.2) is 36.4 Å². The maximum absolute atomic E-state index is 12.4. The number of nitrogens with zero attached hydrogens (tertiary/aromatic N) is 2. The molecular formula is C19H26N4O. The SMILES string of the molecule is CC(C)CNC(=O)c1cc(NC(C)(C)C)nc(-c2ccccc2)n1. The third kappa shape index (κ3) is 5.33. The highest BCUT2D eigenvalue weighted by atomic mass is 16.1. The zero-order chi connectivity index (χ0) is 17.7. The van der Waals surface area contributed by atoms with E-state index in [2.05, 4.69) is 55.2 Å². The summed E-state index contributed by atoms with van der Waals surface area (Å²) in [7, 11) is 0. The molecule has 0 atom stereocenters. The van der Waals surface area contributed by atoms with E-state index in [-0.39, 0.29) is 11.4 Å². The second-order valence-corrected chi connectivity index (χ2v) is 7.31. The quantitative estimate of drug-likeness (QED) is 0.878. The van der Waals surface area contributed by atoms with Crippen molar-refractivity contribution in [1.29, 1.82) is 0 Å². The summed E-state index contributed by atoms with van der Waals surface area (Å²) in [5.41, 5.74) is 1.10. The zero-order valence-corrected chi connectivity index (χ0v) is 15.1.